The van der Waals surface area contributed by atoms with E-state index in [0.29, 0.717) is 0 Å². The van der Waals surface area contributed by atoms with E-state index in [1.54, 1.807) is 0 Å². The predicted octanol–water partition coefficient (Wildman–Crippen LogP) is 21.1. The summed E-state index contributed by atoms with van der Waals surface area (Å²) in [6.45, 7) is 0. The molecule has 5 nitrogen and oxygen atoms in total. The van der Waals surface area contributed by atoms with E-state index in [0.717, 1.165) is 73.7 Å². The molecule has 0 atom stereocenters. The molecule has 0 spiro atoms. The first-order chi connectivity index (χ1) is 40.1. The highest BCUT2D eigenvalue weighted by Gasteiger charge is 2.20. The summed E-state index contributed by atoms with van der Waals surface area (Å²) in [5.41, 5.74) is 13.6. The summed E-state index contributed by atoms with van der Waals surface area (Å²) in [5, 5.41) is 14.4. The zero-order valence-corrected chi connectivity index (χ0v) is 44.2. The fourth-order valence-electron chi connectivity index (χ4n) is 11.9. The number of hydrogen-bond donors (Lipinski definition) is 0. The number of aromatic nitrogens is 2. The Hall–Kier alpha value is -10.9. The molecule has 15 rings (SSSR count). The van der Waals surface area contributed by atoms with Crippen LogP contribution in [-0.4, -0.2) is 9.97 Å². The molecule has 0 aliphatic rings. The second-order valence-corrected chi connectivity index (χ2v) is 20.6. The van der Waals surface area contributed by atoms with Crippen LogP contribution in [0.3, 0.4) is 0 Å². The lowest BCUT2D eigenvalue weighted by Crippen LogP contribution is -2.10. The van der Waals surface area contributed by atoms with Gasteiger partial charge in [-0.05, 0) is 163 Å². The zero-order chi connectivity index (χ0) is 53.6. The van der Waals surface area contributed by atoms with E-state index in [4.69, 9.17) is 9.97 Å². The molecule has 380 valence electrons. The zero-order valence-electron chi connectivity index (χ0n) is 44.2. The molecule has 0 fully saturated rings. The van der Waals surface area contributed by atoms with Crippen molar-refractivity contribution < 1.29 is 0 Å². The number of hydrogen-bond acceptors (Lipinski definition) is 5. The Bertz CT molecular complexity index is 4520. The van der Waals surface area contributed by atoms with Gasteiger partial charge in [-0.1, -0.05) is 188 Å². The number of rotatable bonds is 11. The number of nitrogens with zero attached hydrogens (tertiary/aromatic N) is 5. The molecular formula is C76H51N5. The molecule has 5 heteroatoms. The van der Waals surface area contributed by atoms with Crippen LogP contribution in [0.25, 0.3) is 87.1 Å². The van der Waals surface area contributed by atoms with Crippen molar-refractivity contribution in [3.05, 3.63) is 310 Å². The average molecular weight is 1030 g/mol. The molecule has 0 aliphatic heterocycles. The summed E-state index contributed by atoms with van der Waals surface area (Å²) in [6, 6.07) is 107. The topological polar surface area (TPSA) is 35.5 Å². The first kappa shape index (κ1) is 47.3. The number of anilines is 9. The van der Waals surface area contributed by atoms with Crippen molar-refractivity contribution in [2.75, 3.05) is 14.7 Å². The highest BCUT2D eigenvalue weighted by atomic mass is 15.2. The SMILES string of the molecule is c1ccc(N(c2ccc(-c3ccc4c(ccc5cc(N(c6ccccc6)c6cccc7ccccc67)ccc54)c3)nc2)c2ccc(-c3ccc4c(ccc5cc(N(c6ccccc6)c6cccc7ccccc67)ccc54)c3)nc2)cc1. The highest BCUT2D eigenvalue weighted by molar-refractivity contribution is 6.12. The van der Waals surface area contributed by atoms with Crippen LogP contribution in [0, 0.1) is 0 Å². The van der Waals surface area contributed by atoms with Crippen LogP contribution in [0.5, 0.6) is 0 Å². The molecule has 0 amide bonds. The maximum Gasteiger partial charge on any atom is 0.0703 e. The van der Waals surface area contributed by atoms with Gasteiger partial charge in [-0.2, -0.15) is 0 Å². The van der Waals surface area contributed by atoms with Gasteiger partial charge in [0.1, 0.15) is 0 Å². The quantitative estimate of drug-likeness (QED) is 0.121. The minimum atomic E-state index is 0.908. The Labute approximate surface area is 470 Å². The molecule has 0 N–H and O–H groups in total. The van der Waals surface area contributed by atoms with Gasteiger partial charge in [-0.15, -0.1) is 0 Å². The molecule has 0 bridgehead atoms. The van der Waals surface area contributed by atoms with Gasteiger partial charge in [0, 0.05) is 50.3 Å². The molecule has 2 aromatic heterocycles. The molecule has 15 aromatic rings. The normalized spacial score (nSPS) is 11.5. The van der Waals surface area contributed by atoms with E-state index in [9.17, 15) is 0 Å². The third kappa shape index (κ3) is 8.71. The molecule has 81 heavy (non-hydrogen) atoms. The first-order valence-corrected chi connectivity index (χ1v) is 27.5. The Balaban J connectivity index is 0.704. The summed E-state index contributed by atoms with van der Waals surface area (Å²) in [4.78, 5) is 17.1. The van der Waals surface area contributed by atoms with Crippen molar-refractivity contribution in [2.45, 2.75) is 0 Å². The van der Waals surface area contributed by atoms with Crippen LogP contribution < -0.4 is 14.7 Å². The van der Waals surface area contributed by atoms with Gasteiger partial charge < -0.3 is 14.7 Å². The predicted molar refractivity (Wildman–Crippen MR) is 342 cm³/mol. The van der Waals surface area contributed by atoms with Crippen molar-refractivity contribution in [1.29, 1.82) is 0 Å². The number of pyridine rings is 2. The Morgan fingerprint density at radius 1 is 0.198 bits per heavy atom. The van der Waals surface area contributed by atoms with Crippen molar-refractivity contribution in [3.63, 3.8) is 0 Å². The third-order valence-electron chi connectivity index (χ3n) is 15.8. The van der Waals surface area contributed by atoms with Gasteiger partial charge in [0.2, 0.25) is 0 Å². The van der Waals surface area contributed by atoms with E-state index in [1.165, 1.54) is 64.6 Å². The Morgan fingerprint density at radius 3 is 0.951 bits per heavy atom. The van der Waals surface area contributed by atoms with Gasteiger partial charge in [0.15, 0.2) is 0 Å². The second kappa shape index (κ2) is 20.2. The number of fused-ring (bicyclic) bond motifs is 8. The maximum absolute atomic E-state index is 5.10. The molecule has 2 heterocycles. The van der Waals surface area contributed by atoms with Crippen LogP contribution in [0.15, 0.2) is 310 Å². The van der Waals surface area contributed by atoms with E-state index < -0.39 is 0 Å². The fraction of sp³-hybridized carbons (Fsp3) is 0. The Kier molecular flexibility index (Phi) is 11.8. The van der Waals surface area contributed by atoms with Crippen molar-refractivity contribution in [3.8, 4) is 22.5 Å². The van der Waals surface area contributed by atoms with Gasteiger partial charge in [-0.25, -0.2) is 0 Å². The van der Waals surface area contributed by atoms with Gasteiger partial charge in [0.25, 0.3) is 0 Å². The monoisotopic (exact) mass is 1030 g/mol. The van der Waals surface area contributed by atoms with Crippen LogP contribution in [-0.2, 0) is 0 Å². The van der Waals surface area contributed by atoms with E-state index in [-0.39, 0.29) is 0 Å². The van der Waals surface area contributed by atoms with Gasteiger partial charge in [0.05, 0.1) is 46.5 Å². The average Bonchev–Trinajstić information content (AvgIpc) is 3.61. The third-order valence-corrected chi connectivity index (χ3v) is 15.8. The fourth-order valence-corrected chi connectivity index (χ4v) is 11.9. The van der Waals surface area contributed by atoms with Gasteiger partial charge in [-0.3, -0.25) is 9.97 Å². The molecule has 0 aliphatic carbocycles. The highest BCUT2D eigenvalue weighted by Crippen LogP contribution is 2.44. The smallest absolute Gasteiger partial charge is 0.0703 e. The minimum absolute atomic E-state index is 0.908. The summed E-state index contributed by atoms with van der Waals surface area (Å²) in [6.07, 6.45) is 3.94. The largest absolute Gasteiger partial charge is 0.310 e. The molecule has 0 unspecified atom stereocenters. The summed E-state index contributed by atoms with van der Waals surface area (Å²) < 4.78 is 0. The van der Waals surface area contributed by atoms with E-state index >= 15 is 0 Å². The molecule has 0 saturated heterocycles. The van der Waals surface area contributed by atoms with E-state index in [2.05, 4.69) is 306 Å². The van der Waals surface area contributed by atoms with Crippen LogP contribution >= 0.6 is 0 Å². The molecular weight excluding hydrogens is 983 g/mol. The first-order valence-electron chi connectivity index (χ1n) is 27.5. The molecule has 0 saturated carbocycles. The number of para-hydroxylation sites is 3. The van der Waals surface area contributed by atoms with Gasteiger partial charge >= 0.3 is 0 Å². The lowest BCUT2D eigenvalue weighted by molar-refractivity contribution is 1.20. The van der Waals surface area contributed by atoms with Crippen molar-refractivity contribution in [2.24, 2.45) is 0 Å². The second-order valence-electron chi connectivity index (χ2n) is 20.6. The van der Waals surface area contributed by atoms with Crippen LogP contribution in [0.1, 0.15) is 0 Å². The molecule has 0 radical (unpaired) electrons. The van der Waals surface area contributed by atoms with E-state index in [1.807, 2.05) is 18.5 Å². The summed E-state index contributed by atoms with van der Waals surface area (Å²) in [7, 11) is 0. The standard InChI is InChI=1S/C76H51N5/c1-4-20-60(21-5-1)79(65-38-44-73(77-50-65)58-34-40-67-54(46-58)30-32-56-48-63(36-42-69(56)67)80(61-22-6-2-7-23-61)75-28-14-18-52-16-10-12-26-71(52)75)66-39-45-74(78-51-66)59-35-41-68-55(47-59)31-33-57-49-64(37-43-70(57)68)81(62-24-8-3-9-25-62)76-29-15-19-53-17-11-13-27-72(53)76/h1-51H. The molecule has 13 aromatic carbocycles. The lowest BCUT2D eigenvalue weighted by Gasteiger charge is -2.27. The van der Waals surface area contributed by atoms with Crippen LogP contribution in [0.2, 0.25) is 0 Å². The number of benzene rings is 13. The van der Waals surface area contributed by atoms with Crippen LogP contribution in [0.4, 0.5) is 51.2 Å². The minimum Gasteiger partial charge on any atom is -0.310 e. The van der Waals surface area contributed by atoms with Crippen molar-refractivity contribution >= 4 is 116 Å². The summed E-state index contributed by atoms with van der Waals surface area (Å²) >= 11 is 0. The maximum atomic E-state index is 5.10. The van der Waals surface area contributed by atoms with Crippen molar-refractivity contribution in [1.82, 2.24) is 9.97 Å². The summed E-state index contributed by atoms with van der Waals surface area (Å²) in [5.74, 6) is 0. The lowest BCUT2D eigenvalue weighted by atomic mass is 9.98. The Morgan fingerprint density at radius 2 is 0.543 bits per heavy atom.